The zero-order valence-electron chi connectivity index (χ0n) is 9.43. The number of carbonyl (C=O) groups is 2. The van der Waals surface area contributed by atoms with Gasteiger partial charge >= 0.3 is 11.9 Å². The Hall–Kier alpha value is -1.83. The molecule has 0 rings (SSSR count). The summed E-state index contributed by atoms with van der Waals surface area (Å²) in [5.74, 6) is -3.28. The van der Waals surface area contributed by atoms with E-state index in [0.717, 1.165) is 0 Å². The third-order valence-corrected chi connectivity index (χ3v) is 1.89. The number of rotatable bonds is 6. The summed E-state index contributed by atoms with van der Waals surface area (Å²) in [4.78, 5) is 22.7. The molecule has 2 unspecified atom stereocenters. The summed E-state index contributed by atoms with van der Waals surface area (Å²) in [5, 5.41) is 8.79. The average Bonchev–Trinajstić information content (AvgIpc) is 2.27. The molecule has 0 heterocycles. The Kier molecular flexibility index (Phi) is 6.61. The number of hydrogen-bond donors (Lipinski definition) is 0. The molecule has 16 heavy (non-hydrogen) atoms. The van der Waals surface area contributed by atoms with Gasteiger partial charge in [-0.25, -0.2) is 0 Å². The lowest BCUT2D eigenvalue weighted by molar-refractivity contribution is -0.156. The van der Waals surface area contributed by atoms with Gasteiger partial charge in [0.1, 0.15) is 6.61 Å². The third-order valence-electron chi connectivity index (χ3n) is 1.89. The second kappa shape index (κ2) is 7.46. The van der Waals surface area contributed by atoms with Crippen molar-refractivity contribution in [2.45, 2.75) is 13.8 Å². The van der Waals surface area contributed by atoms with Crippen molar-refractivity contribution in [3.8, 4) is 6.07 Å². The maximum absolute atomic E-state index is 11.4. The van der Waals surface area contributed by atoms with E-state index in [4.69, 9.17) is 10.00 Å². The Bertz CT molecular complexity index is 306. The van der Waals surface area contributed by atoms with Crippen LogP contribution in [-0.2, 0) is 19.1 Å². The highest BCUT2D eigenvalue weighted by Crippen LogP contribution is 2.14. The van der Waals surface area contributed by atoms with Crippen LogP contribution in [0.25, 0.3) is 0 Å². The number of hydrogen-bond acceptors (Lipinski definition) is 5. The lowest BCUT2D eigenvalue weighted by Gasteiger charge is -2.14. The van der Waals surface area contributed by atoms with Crippen molar-refractivity contribution in [1.29, 1.82) is 5.26 Å². The minimum absolute atomic E-state index is 0.0597. The Balaban J connectivity index is 4.47. The van der Waals surface area contributed by atoms with Gasteiger partial charge in [-0.15, -0.1) is 0 Å². The lowest BCUT2D eigenvalue weighted by atomic mass is 9.96. The van der Waals surface area contributed by atoms with E-state index in [2.05, 4.69) is 11.3 Å². The van der Waals surface area contributed by atoms with E-state index in [1.165, 1.54) is 13.0 Å². The molecule has 0 amide bonds. The molecule has 0 radical (unpaired) electrons. The van der Waals surface area contributed by atoms with Crippen molar-refractivity contribution in [3.63, 3.8) is 0 Å². The summed E-state index contributed by atoms with van der Waals surface area (Å²) in [7, 11) is 0. The van der Waals surface area contributed by atoms with Crippen LogP contribution in [0.1, 0.15) is 13.8 Å². The first-order valence-electron chi connectivity index (χ1n) is 4.92. The predicted octanol–water partition coefficient (Wildman–Crippen LogP) is 1.05. The smallest absolute Gasteiger partial charge is 0.324 e. The largest absolute Gasteiger partial charge is 0.465 e. The monoisotopic (exact) mass is 225 g/mol. The molecular weight excluding hydrogens is 210 g/mol. The Morgan fingerprint density at radius 3 is 2.50 bits per heavy atom. The number of esters is 2. The predicted molar refractivity (Wildman–Crippen MR) is 56.1 cm³/mol. The Morgan fingerprint density at radius 2 is 2.06 bits per heavy atom. The fourth-order valence-electron chi connectivity index (χ4n) is 1.01. The van der Waals surface area contributed by atoms with Crippen LogP contribution in [0, 0.1) is 23.2 Å². The van der Waals surface area contributed by atoms with Gasteiger partial charge in [0.15, 0.2) is 5.92 Å². The highest BCUT2D eigenvalue weighted by Gasteiger charge is 2.32. The highest BCUT2D eigenvalue weighted by atomic mass is 16.5. The molecule has 0 saturated carbocycles. The molecule has 0 saturated heterocycles. The maximum Gasteiger partial charge on any atom is 0.324 e. The summed E-state index contributed by atoms with van der Waals surface area (Å²) >= 11 is 0. The van der Waals surface area contributed by atoms with Gasteiger partial charge in [0, 0.05) is 0 Å². The van der Waals surface area contributed by atoms with Gasteiger partial charge in [-0.1, -0.05) is 19.6 Å². The van der Waals surface area contributed by atoms with Crippen LogP contribution in [0.3, 0.4) is 0 Å². The minimum Gasteiger partial charge on any atom is -0.465 e. The molecule has 88 valence electrons. The molecule has 5 heteroatoms. The van der Waals surface area contributed by atoms with Crippen molar-refractivity contribution >= 4 is 11.9 Å². The number of nitrogens with zero attached hydrogens (tertiary/aromatic N) is 1. The molecule has 0 bridgehead atoms. The quantitative estimate of drug-likeness (QED) is 0.499. The molecule has 0 fully saturated rings. The fraction of sp³-hybridized carbons (Fsp3) is 0.545. The molecule has 5 nitrogen and oxygen atoms in total. The Labute approximate surface area is 94.6 Å². The van der Waals surface area contributed by atoms with Crippen molar-refractivity contribution < 1.29 is 19.1 Å². The van der Waals surface area contributed by atoms with Crippen molar-refractivity contribution in [2.75, 3.05) is 13.2 Å². The summed E-state index contributed by atoms with van der Waals surface area (Å²) in [6.45, 7) is 6.71. The zero-order valence-corrected chi connectivity index (χ0v) is 9.43. The topological polar surface area (TPSA) is 76.4 Å². The van der Waals surface area contributed by atoms with E-state index in [9.17, 15) is 9.59 Å². The van der Waals surface area contributed by atoms with Gasteiger partial charge in [-0.05, 0) is 6.92 Å². The summed E-state index contributed by atoms with van der Waals surface area (Å²) in [6, 6.07) is 1.74. The molecule has 2 atom stereocenters. The van der Waals surface area contributed by atoms with Crippen molar-refractivity contribution in [2.24, 2.45) is 11.8 Å². The van der Waals surface area contributed by atoms with Gasteiger partial charge in [0.2, 0.25) is 0 Å². The lowest BCUT2D eigenvalue weighted by Crippen LogP contribution is -2.29. The first-order chi connectivity index (χ1) is 7.58. The van der Waals surface area contributed by atoms with Gasteiger partial charge in [-0.2, -0.15) is 5.26 Å². The van der Waals surface area contributed by atoms with Gasteiger partial charge in [-0.3, -0.25) is 9.59 Å². The second-order valence-electron chi connectivity index (χ2n) is 3.07. The number of nitriles is 1. The molecule has 0 aliphatic rings. The van der Waals surface area contributed by atoms with Crippen LogP contribution >= 0.6 is 0 Å². The van der Waals surface area contributed by atoms with E-state index < -0.39 is 23.8 Å². The minimum atomic E-state index is -1.13. The molecular formula is C11H15NO4. The SMILES string of the molecule is C=CCOC(=O)C(C)C(C#N)C(=O)OCC. The maximum atomic E-state index is 11.4. The van der Waals surface area contributed by atoms with Gasteiger partial charge in [0.25, 0.3) is 0 Å². The van der Waals surface area contributed by atoms with Crippen LogP contribution in [0.2, 0.25) is 0 Å². The van der Waals surface area contributed by atoms with E-state index in [-0.39, 0.29) is 13.2 Å². The van der Waals surface area contributed by atoms with Crippen LogP contribution in [0.15, 0.2) is 12.7 Å². The summed E-state index contributed by atoms with van der Waals surface area (Å²) in [6.07, 6.45) is 1.41. The normalized spacial score (nSPS) is 13.1. The van der Waals surface area contributed by atoms with E-state index in [1.807, 2.05) is 0 Å². The van der Waals surface area contributed by atoms with Crippen LogP contribution in [0.4, 0.5) is 0 Å². The van der Waals surface area contributed by atoms with Gasteiger partial charge in [0.05, 0.1) is 18.6 Å². The highest BCUT2D eigenvalue weighted by molar-refractivity contribution is 5.83. The first-order valence-corrected chi connectivity index (χ1v) is 4.92. The Morgan fingerprint density at radius 1 is 1.44 bits per heavy atom. The van der Waals surface area contributed by atoms with E-state index >= 15 is 0 Å². The van der Waals surface area contributed by atoms with Crippen molar-refractivity contribution in [1.82, 2.24) is 0 Å². The summed E-state index contributed by atoms with van der Waals surface area (Å²) in [5.41, 5.74) is 0. The molecule has 0 aliphatic carbocycles. The first kappa shape index (κ1) is 14.2. The van der Waals surface area contributed by atoms with Crippen LogP contribution in [-0.4, -0.2) is 25.2 Å². The number of carbonyl (C=O) groups excluding carboxylic acids is 2. The standard InChI is InChI=1S/C11H15NO4/c1-4-6-16-10(13)8(3)9(7-12)11(14)15-5-2/h4,8-9H,1,5-6H2,2-3H3. The van der Waals surface area contributed by atoms with Crippen LogP contribution in [0.5, 0.6) is 0 Å². The molecule has 0 aliphatic heterocycles. The molecule has 0 aromatic carbocycles. The molecule has 0 aromatic rings. The number of ether oxygens (including phenoxy) is 2. The van der Waals surface area contributed by atoms with Gasteiger partial charge < -0.3 is 9.47 Å². The average molecular weight is 225 g/mol. The van der Waals surface area contributed by atoms with E-state index in [0.29, 0.717) is 0 Å². The van der Waals surface area contributed by atoms with Crippen molar-refractivity contribution in [3.05, 3.63) is 12.7 Å². The zero-order chi connectivity index (χ0) is 12.6. The molecule has 0 spiro atoms. The van der Waals surface area contributed by atoms with E-state index in [1.54, 1.807) is 13.0 Å². The fourth-order valence-corrected chi connectivity index (χ4v) is 1.01. The molecule has 0 aromatic heterocycles. The second-order valence-corrected chi connectivity index (χ2v) is 3.07. The third kappa shape index (κ3) is 4.13. The summed E-state index contributed by atoms with van der Waals surface area (Å²) < 4.78 is 9.43. The van der Waals surface area contributed by atoms with Crippen LogP contribution < -0.4 is 0 Å². The molecule has 0 N–H and O–H groups in total.